The van der Waals surface area contributed by atoms with Crippen molar-refractivity contribution in [1.82, 2.24) is 14.8 Å². The number of likely N-dealkylation sites (tertiary alicyclic amines) is 1. The second-order valence-electron chi connectivity index (χ2n) is 8.16. The number of benzene rings is 1. The van der Waals surface area contributed by atoms with Crippen molar-refractivity contribution >= 4 is 28.3 Å². The largest absolute Gasteiger partial charge is 0.493 e. The molecule has 2 fully saturated rings. The van der Waals surface area contributed by atoms with Crippen LogP contribution in [-0.4, -0.2) is 80.1 Å². The van der Waals surface area contributed by atoms with E-state index in [9.17, 15) is 9.59 Å². The minimum Gasteiger partial charge on any atom is -0.493 e. The van der Waals surface area contributed by atoms with E-state index in [0.717, 1.165) is 36.8 Å². The first kappa shape index (κ1) is 22.4. The highest BCUT2D eigenvalue weighted by molar-refractivity contribution is 7.13. The van der Waals surface area contributed by atoms with Crippen LogP contribution in [0.1, 0.15) is 18.4 Å². The number of rotatable bonds is 7. The van der Waals surface area contributed by atoms with Gasteiger partial charge < -0.3 is 24.2 Å². The van der Waals surface area contributed by atoms with E-state index in [1.807, 2.05) is 39.6 Å². The van der Waals surface area contributed by atoms with Gasteiger partial charge in [0.05, 0.1) is 20.1 Å². The van der Waals surface area contributed by atoms with Crippen LogP contribution in [0.15, 0.2) is 29.8 Å². The molecule has 0 spiro atoms. The monoisotopic (exact) mass is 458 g/mol. The van der Waals surface area contributed by atoms with Gasteiger partial charge in [-0.1, -0.05) is 6.07 Å². The van der Waals surface area contributed by atoms with Gasteiger partial charge in [0, 0.05) is 57.3 Å². The van der Waals surface area contributed by atoms with Crippen molar-refractivity contribution in [3.05, 3.63) is 35.3 Å². The SMILES string of the molecule is COc1ccc(CCN2CC(C(=O)N3CCCN(c4nccs4)CC3)CC2=O)cc1OC. The zero-order chi connectivity index (χ0) is 22.5. The number of methoxy groups -OCH3 is 2. The smallest absolute Gasteiger partial charge is 0.228 e. The fraction of sp³-hybridized carbons (Fsp3) is 0.522. The molecule has 1 atom stereocenters. The third kappa shape index (κ3) is 4.98. The molecule has 2 aliphatic heterocycles. The molecule has 4 rings (SSSR count). The molecular formula is C23H30N4O4S. The number of aromatic nitrogens is 1. The second kappa shape index (κ2) is 10.2. The Morgan fingerprint density at radius 3 is 2.75 bits per heavy atom. The van der Waals surface area contributed by atoms with Crippen LogP contribution in [-0.2, 0) is 16.0 Å². The average Bonchev–Trinajstić information content (AvgIpc) is 3.41. The van der Waals surface area contributed by atoms with Gasteiger partial charge in [0.2, 0.25) is 11.8 Å². The molecule has 0 bridgehead atoms. The molecule has 0 aliphatic carbocycles. The fourth-order valence-corrected chi connectivity index (χ4v) is 5.11. The molecule has 9 heteroatoms. The Kier molecular flexibility index (Phi) is 7.14. The van der Waals surface area contributed by atoms with Crippen molar-refractivity contribution in [3.8, 4) is 11.5 Å². The molecule has 1 aromatic heterocycles. The van der Waals surface area contributed by atoms with Crippen LogP contribution in [0.4, 0.5) is 5.13 Å². The van der Waals surface area contributed by atoms with E-state index in [2.05, 4.69) is 9.88 Å². The maximum atomic E-state index is 13.2. The Labute approximate surface area is 192 Å². The Morgan fingerprint density at radius 1 is 1.16 bits per heavy atom. The number of carbonyl (C=O) groups is 2. The van der Waals surface area contributed by atoms with Gasteiger partial charge in [0.15, 0.2) is 16.6 Å². The lowest BCUT2D eigenvalue weighted by Crippen LogP contribution is -2.40. The van der Waals surface area contributed by atoms with E-state index in [-0.39, 0.29) is 17.7 Å². The summed E-state index contributed by atoms with van der Waals surface area (Å²) < 4.78 is 10.6. The van der Waals surface area contributed by atoms with Crippen LogP contribution in [0.5, 0.6) is 11.5 Å². The molecule has 3 heterocycles. The summed E-state index contributed by atoms with van der Waals surface area (Å²) in [5.41, 5.74) is 1.07. The predicted molar refractivity (Wildman–Crippen MR) is 123 cm³/mol. The third-order valence-corrected chi connectivity index (χ3v) is 7.01. The van der Waals surface area contributed by atoms with E-state index >= 15 is 0 Å². The van der Waals surface area contributed by atoms with Gasteiger partial charge in [-0.3, -0.25) is 9.59 Å². The highest BCUT2D eigenvalue weighted by Gasteiger charge is 2.36. The summed E-state index contributed by atoms with van der Waals surface area (Å²) in [4.78, 5) is 36.1. The van der Waals surface area contributed by atoms with E-state index in [4.69, 9.17) is 9.47 Å². The van der Waals surface area contributed by atoms with Crippen molar-refractivity contribution in [1.29, 1.82) is 0 Å². The van der Waals surface area contributed by atoms with Crippen LogP contribution in [0.2, 0.25) is 0 Å². The van der Waals surface area contributed by atoms with Gasteiger partial charge in [0.25, 0.3) is 0 Å². The van der Waals surface area contributed by atoms with Crippen molar-refractivity contribution in [2.75, 3.05) is 58.4 Å². The van der Waals surface area contributed by atoms with Gasteiger partial charge in [-0.05, 0) is 30.5 Å². The van der Waals surface area contributed by atoms with Crippen molar-refractivity contribution < 1.29 is 19.1 Å². The molecule has 2 amide bonds. The average molecular weight is 459 g/mol. The summed E-state index contributed by atoms with van der Waals surface area (Å²) in [6.07, 6.45) is 3.74. The highest BCUT2D eigenvalue weighted by atomic mass is 32.1. The minimum atomic E-state index is -0.251. The minimum absolute atomic E-state index is 0.0584. The van der Waals surface area contributed by atoms with Crippen molar-refractivity contribution in [2.24, 2.45) is 5.92 Å². The van der Waals surface area contributed by atoms with Crippen LogP contribution in [0, 0.1) is 5.92 Å². The Morgan fingerprint density at radius 2 is 2.00 bits per heavy atom. The lowest BCUT2D eigenvalue weighted by molar-refractivity contribution is -0.135. The molecule has 0 radical (unpaired) electrons. The maximum Gasteiger partial charge on any atom is 0.228 e. The van der Waals surface area contributed by atoms with Crippen molar-refractivity contribution in [2.45, 2.75) is 19.3 Å². The summed E-state index contributed by atoms with van der Waals surface area (Å²) in [5.74, 6) is 1.28. The van der Waals surface area contributed by atoms with Gasteiger partial charge in [-0.25, -0.2) is 4.98 Å². The zero-order valence-electron chi connectivity index (χ0n) is 18.7. The number of ether oxygens (including phenoxy) is 2. The lowest BCUT2D eigenvalue weighted by atomic mass is 10.1. The second-order valence-corrected chi connectivity index (χ2v) is 9.03. The summed E-state index contributed by atoms with van der Waals surface area (Å²) in [5, 5.41) is 2.99. The van der Waals surface area contributed by atoms with E-state index in [1.165, 1.54) is 0 Å². The number of anilines is 1. The molecule has 2 aliphatic rings. The quantitative estimate of drug-likeness (QED) is 0.634. The summed E-state index contributed by atoms with van der Waals surface area (Å²) in [6, 6.07) is 5.80. The Balaban J connectivity index is 1.30. The molecule has 2 saturated heterocycles. The molecular weight excluding hydrogens is 428 g/mol. The van der Waals surface area contributed by atoms with Crippen LogP contribution in [0.25, 0.3) is 0 Å². The topological polar surface area (TPSA) is 75.2 Å². The van der Waals surface area contributed by atoms with E-state index in [1.54, 1.807) is 25.6 Å². The molecule has 172 valence electrons. The summed E-state index contributed by atoms with van der Waals surface area (Å²) in [6.45, 7) is 4.18. The maximum absolute atomic E-state index is 13.2. The molecule has 2 aromatic rings. The molecule has 0 saturated carbocycles. The molecule has 0 N–H and O–H groups in total. The number of hydrogen-bond acceptors (Lipinski definition) is 7. The van der Waals surface area contributed by atoms with E-state index in [0.29, 0.717) is 44.0 Å². The first-order valence-electron chi connectivity index (χ1n) is 11.0. The van der Waals surface area contributed by atoms with Crippen LogP contribution in [0.3, 0.4) is 0 Å². The number of amides is 2. The Hall–Kier alpha value is -2.81. The van der Waals surface area contributed by atoms with Gasteiger partial charge >= 0.3 is 0 Å². The fourth-order valence-electron chi connectivity index (χ4n) is 4.41. The normalized spacial score (nSPS) is 19.2. The number of carbonyl (C=O) groups excluding carboxylic acids is 2. The number of hydrogen-bond donors (Lipinski definition) is 0. The Bertz CT molecular complexity index is 936. The zero-order valence-corrected chi connectivity index (χ0v) is 19.5. The van der Waals surface area contributed by atoms with Crippen LogP contribution >= 0.6 is 11.3 Å². The summed E-state index contributed by atoms with van der Waals surface area (Å²) >= 11 is 1.63. The predicted octanol–water partition coefficient (Wildman–Crippen LogP) is 2.29. The number of nitrogens with zero attached hydrogens (tertiary/aromatic N) is 4. The van der Waals surface area contributed by atoms with Crippen LogP contribution < -0.4 is 14.4 Å². The highest BCUT2D eigenvalue weighted by Crippen LogP contribution is 2.28. The summed E-state index contributed by atoms with van der Waals surface area (Å²) in [7, 11) is 3.22. The first-order chi connectivity index (χ1) is 15.6. The van der Waals surface area contributed by atoms with Gasteiger partial charge in [0.1, 0.15) is 0 Å². The van der Waals surface area contributed by atoms with Gasteiger partial charge in [-0.2, -0.15) is 0 Å². The van der Waals surface area contributed by atoms with E-state index < -0.39 is 0 Å². The van der Waals surface area contributed by atoms with Crippen molar-refractivity contribution in [3.63, 3.8) is 0 Å². The molecule has 8 nitrogen and oxygen atoms in total. The van der Waals surface area contributed by atoms with Gasteiger partial charge in [-0.15, -0.1) is 11.3 Å². The first-order valence-corrected chi connectivity index (χ1v) is 11.9. The molecule has 32 heavy (non-hydrogen) atoms. The standard InChI is InChI=1S/C23H30N4O4S/c1-30-19-5-4-17(14-20(19)31-2)6-10-27-16-18(15-21(27)28)22(29)25-8-3-9-26(12-11-25)23-24-7-13-32-23/h4-5,7,13-14,18H,3,6,8-12,15-16H2,1-2H3. The third-order valence-electron chi connectivity index (χ3n) is 6.18. The molecule has 1 unspecified atom stereocenters. The lowest BCUT2D eigenvalue weighted by Gasteiger charge is -2.24. The molecule has 1 aromatic carbocycles. The number of thiazole rings is 1.